The lowest BCUT2D eigenvalue weighted by atomic mass is 10.0. The molecule has 1 atom stereocenters. The molecule has 2 aromatic carbocycles. The minimum absolute atomic E-state index is 0.0884. The van der Waals surface area contributed by atoms with Crippen LogP contribution in [0.1, 0.15) is 44.8 Å². The van der Waals surface area contributed by atoms with Gasteiger partial charge in [0.1, 0.15) is 0 Å². The highest BCUT2D eigenvalue weighted by Gasteiger charge is 2.13. The van der Waals surface area contributed by atoms with Crippen molar-refractivity contribution in [1.82, 2.24) is 5.32 Å². The number of nitrogens with two attached hydrogens (primary N) is 1. The smallest absolute Gasteiger partial charge is 0.251 e. The zero-order chi connectivity index (χ0) is 15.4. The third-order valence-electron chi connectivity index (χ3n) is 3.43. The summed E-state index contributed by atoms with van der Waals surface area (Å²) in [4.78, 5) is 23.2. The van der Waals surface area contributed by atoms with Crippen LogP contribution in [0, 0.1) is 6.92 Å². The second-order valence-corrected chi connectivity index (χ2v) is 4.99. The maximum absolute atomic E-state index is 12.2. The number of rotatable bonds is 4. The Bertz CT molecular complexity index is 663. The van der Waals surface area contributed by atoms with Crippen molar-refractivity contribution >= 4 is 11.8 Å². The maximum atomic E-state index is 12.2. The summed E-state index contributed by atoms with van der Waals surface area (Å²) in [7, 11) is 0. The second kappa shape index (κ2) is 6.22. The quantitative estimate of drug-likeness (QED) is 0.904. The zero-order valence-corrected chi connectivity index (χ0v) is 12.1. The number of carbonyl (C=O) groups excluding carboxylic acids is 2. The summed E-state index contributed by atoms with van der Waals surface area (Å²) >= 11 is 0. The van der Waals surface area contributed by atoms with Crippen molar-refractivity contribution < 1.29 is 9.59 Å². The summed E-state index contributed by atoms with van der Waals surface area (Å²) < 4.78 is 0. The van der Waals surface area contributed by atoms with E-state index in [4.69, 9.17) is 5.73 Å². The number of hydrogen-bond acceptors (Lipinski definition) is 2. The van der Waals surface area contributed by atoms with Gasteiger partial charge in [-0.2, -0.15) is 0 Å². The molecule has 0 radical (unpaired) electrons. The predicted molar refractivity (Wildman–Crippen MR) is 82.0 cm³/mol. The number of nitrogens with one attached hydrogen (secondary N) is 1. The minimum atomic E-state index is -0.504. The normalized spacial score (nSPS) is 11.7. The highest BCUT2D eigenvalue weighted by molar-refractivity contribution is 5.97. The van der Waals surface area contributed by atoms with Crippen LogP contribution in [0.15, 0.2) is 48.5 Å². The van der Waals surface area contributed by atoms with Crippen LogP contribution < -0.4 is 11.1 Å². The Morgan fingerprint density at radius 1 is 1.00 bits per heavy atom. The first kappa shape index (κ1) is 14.8. The van der Waals surface area contributed by atoms with E-state index in [0.29, 0.717) is 11.1 Å². The van der Waals surface area contributed by atoms with E-state index in [2.05, 4.69) is 5.32 Å². The Hall–Kier alpha value is -2.62. The lowest BCUT2D eigenvalue weighted by Gasteiger charge is -2.16. The Labute approximate surface area is 124 Å². The summed E-state index contributed by atoms with van der Waals surface area (Å²) in [5.74, 6) is -0.683. The molecular formula is C17H18N2O2. The standard InChI is InChI=1S/C17H18N2O2/c1-11-5-3-4-6-15(11)12(2)19-17(21)14-9-7-13(8-10-14)16(18)20/h3-10,12H,1-2H3,(H2,18,20)(H,19,21). The molecule has 4 heteroatoms. The molecule has 0 spiro atoms. The van der Waals surface area contributed by atoms with Gasteiger partial charge in [-0.25, -0.2) is 0 Å². The van der Waals surface area contributed by atoms with Gasteiger partial charge in [0.25, 0.3) is 5.91 Å². The van der Waals surface area contributed by atoms with E-state index in [1.807, 2.05) is 38.1 Å². The predicted octanol–water partition coefficient (Wildman–Crippen LogP) is 2.58. The third-order valence-corrected chi connectivity index (χ3v) is 3.43. The molecule has 0 saturated carbocycles. The van der Waals surface area contributed by atoms with Gasteiger partial charge >= 0.3 is 0 Å². The van der Waals surface area contributed by atoms with Crippen LogP contribution in [0.2, 0.25) is 0 Å². The fraction of sp³-hybridized carbons (Fsp3) is 0.176. The van der Waals surface area contributed by atoms with Gasteiger partial charge in [0, 0.05) is 11.1 Å². The van der Waals surface area contributed by atoms with Crippen molar-refractivity contribution in [2.45, 2.75) is 19.9 Å². The summed E-state index contributed by atoms with van der Waals surface area (Å²) in [5, 5.41) is 2.95. The van der Waals surface area contributed by atoms with Crippen LogP contribution in [-0.4, -0.2) is 11.8 Å². The van der Waals surface area contributed by atoms with Gasteiger partial charge in [-0.05, 0) is 49.2 Å². The van der Waals surface area contributed by atoms with Gasteiger partial charge in [-0.1, -0.05) is 24.3 Å². The summed E-state index contributed by atoms with van der Waals surface area (Å²) in [6.07, 6.45) is 0. The highest BCUT2D eigenvalue weighted by Crippen LogP contribution is 2.17. The number of primary amides is 1. The average molecular weight is 282 g/mol. The molecule has 0 aliphatic heterocycles. The van der Waals surface area contributed by atoms with Crippen LogP contribution in [0.4, 0.5) is 0 Å². The molecule has 3 N–H and O–H groups in total. The minimum Gasteiger partial charge on any atom is -0.366 e. The largest absolute Gasteiger partial charge is 0.366 e. The van der Waals surface area contributed by atoms with Crippen molar-refractivity contribution in [2.24, 2.45) is 5.73 Å². The fourth-order valence-electron chi connectivity index (χ4n) is 2.22. The van der Waals surface area contributed by atoms with E-state index in [1.165, 1.54) is 0 Å². The molecule has 21 heavy (non-hydrogen) atoms. The van der Waals surface area contributed by atoms with Gasteiger partial charge in [0.15, 0.2) is 0 Å². The van der Waals surface area contributed by atoms with Crippen LogP contribution in [0.3, 0.4) is 0 Å². The Kier molecular flexibility index (Phi) is 4.38. The molecule has 2 rings (SSSR count). The van der Waals surface area contributed by atoms with Crippen molar-refractivity contribution in [3.8, 4) is 0 Å². The molecule has 0 aliphatic carbocycles. The number of benzene rings is 2. The molecule has 2 amide bonds. The van der Waals surface area contributed by atoms with Crippen molar-refractivity contribution in [1.29, 1.82) is 0 Å². The number of hydrogen-bond donors (Lipinski definition) is 2. The van der Waals surface area contributed by atoms with Crippen molar-refractivity contribution in [2.75, 3.05) is 0 Å². The van der Waals surface area contributed by atoms with Crippen LogP contribution in [0.5, 0.6) is 0 Å². The lowest BCUT2D eigenvalue weighted by molar-refractivity contribution is 0.0937. The number of carbonyl (C=O) groups is 2. The van der Waals surface area contributed by atoms with Crippen molar-refractivity contribution in [3.05, 3.63) is 70.8 Å². The van der Waals surface area contributed by atoms with Crippen molar-refractivity contribution in [3.63, 3.8) is 0 Å². The van der Waals surface area contributed by atoms with Gasteiger partial charge in [0.2, 0.25) is 5.91 Å². The molecule has 4 nitrogen and oxygen atoms in total. The highest BCUT2D eigenvalue weighted by atomic mass is 16.2. The van der Waals surface area contributed by atoms with Gasteiger partial charge in [0.05, 0.1) is 6.04 Å². The summed E-state index contributed by atoms with van der Waals surface area (Å²) in [5.41, 5.74) is 8.28. The summed E-state index contributed by atoms with van der Waals surface area (Å²) in [6.45, 7) is 3.96. The average Bonchev–Trinajstić information content (AvgIpc) is 2.47. The van der Waals surface area contributed by atoms with Crippen LogP contribution >= 0.6 is 0 Å². The Morgan fingerprint density at radius 3 is 2.14 bits per heavy atom. The monoisotopic (exact) mass is 282 g/mol. The molecule has 108 valence electrons. The van der Waals surface area contributed by atoms with Gasteiger partial charge in [-0.15, -0.1) is 0 Å². The second-order valence-electron chi connectivity index (χ2n) is 4.99. The molecule has 0 aromatic heterocycles. The topological polar surface area (TPSA) is 72.2 Å². The molecule has 2 aromatic rings. The van der Waals surface area contributed by atoms with Crippen LogP contribution in [-0.2, 0) is 0 Å². The third kappa shape index (κ3) is 3.48. The molecule has 0 heterocycles. The molecule has 1 unspecified atom stereocenters. The van der Waals surface area contributed by atoms with Crippen LogP contribution in [0.25, 0.3) is 0 Å². The molecule has 0 aliphatic rings. The Morgan fingerprint density at radius 2 is 1.57 bits per heavy atom. The van der Waals surface area contributed by atoms with E-state index in [9.17, 15) is 9.59 Å². The first-order valence-corrected chi connectivity index (χ1v) is 6.75. The first-order valence-electron chi connectivity index (χ1n) is 6.75. The number of amides is 2. The van der Waals surface area contributed by atoms with E-state index >= 15 is 0 Å². The number of aryl methyl sites for hydroxylation is 1. The lowest BCUT2D eigenvalue weighted by Crippen LogP contribution is -2.27. The maximum Gasteiger partial charge on any atom is 0.251 e. The van der Waals surface area contributed by atoms with Gasteiger partial charge < -0.3 is 11.1 Å². The van der Waals surface area contributed by atoms with E-state index in [-0.39, 0.29) is 11.9 Å². The van der Waals surface area contributed by atoms with E-state index in [1.54, 1.807) is 24.3 Å². The van der Waals surface area contributed by atoms with E-state index < -0.39 is 5.91 Å². The van der Waals surface area contributed by atoms with E-state index in [0.717, 1.165) is 11.1 Å². The molecule has 0 fully saturated rings. The molecule has 0 saturated heterocycles. The zero-order valence-electron chi connectivity index (χ0n) is 12.1. The fourth-order valence-corrected chi connectivity index (χ4v) is 2.22. The molecule has 0 bridgehead atoms. The summed E-state index contributed by atoms with van der Waals surface area (Å²) in [6, 6.07) is 14.1. The first-order chi connectivity index (χ1) is 9.99. The molecular weight excluding hydrogens is 264 g/mol. The Balaban J connectivity index is 2.11. The SMILES string of the molecule is Cc1ccccc1C(C)NC(=O)c1ccc(C(N)=O)cc1. The van der Waals surface area contributed by atoms with Gasteiger partial charge in [-0.3, -0.25) is 9.59 Å².